The van der Waals surface area contributed by atoms with Crippen LogP contribution >= 0.6 is 11.6 Å². The zero-order chi connectivity index (χ0) is 16.8. The summed E-state index contributed by atoms with van der Waals surface area (Å²) in [6, 6.07) is 4.06. The Hall–Kier alpha value is -1.22. The van der Waals surface area contributed by atoms with Crippen LogP contribution in [0.25, 0.3) is 0 Å². The van der Waals surface area contributed by atoms with Gasteiger partial charge in [0.25, 0.3) is 5.91 Å². The van der Waals surface area contributed by atoms with Crippen molar-refractivity contribution >= 4 is 17.5 Å². The number of benzene rings is 1. The summed E-state index contributed by atoms with van der Waals surface area (Å²) in [5.74, 6) is 0.672. The zero-order valence-electron chi connectivity index (χ0n) is 14.5. The Bertz CT molecular complexity index is 513. The molecule has 2 rings (SSSR count). The first kappa shape index (κ1) is 18.1. The molecule has 1 atom stereocenters. The van der Waals surface area contributed by atoms with Crippen LogP contribution in [0.2, 0.25) is 5.02 Å². The lowest BCUT2D eigenvalue weighted by atomic mass is 9.96. The maximum absolute atomic E-state index is 12.4. The Morgan fingerprint density at radius 3 is 2.22 bits per heavy atom. The van der Waals surface area contributed by atoms with Crippen LogP contribution in [0.4, 0.5) is 0 Å². The molecule has 0 radical (unpaired) electrons. The second-order valence-electron chi connectivity index (χ2n) is 6.68. The number of hydrogen-bond donors (Lipinski definition) is 1. The summed E-state index contributed by atoms with van der Waals surface area (Å²) in [7, 11) is 0. The molecule has 1 aliphatic rings. The van der Waals surface area contributed by atoms with Crippen LogP contribution in [0.1, 0.15) is 63.0 Å². The summed E-state index contributed by atoms with van der Waals surface area (Å²) in [6.07, 6.45) is 7.96. The van der Waals surface area contributed by atoms with Crippen molar-refractivity contribution in [3.8, 4) is 5.75 Å². The predicted molar refractivity (Wildman–Crippen MR) is 95.3 cm³/mol. The Balaban J connectivity index is 1.91. The van der Waals surface area contributed by atoms with Crippen molar-refractivity contribution < 1.29 is 9.53 Å². The van der Waals surface area contributed by atoms with Crippen molar-refractivity contribution in [1.29, 1.82) is 0 Å². The van der Waals surface area contributed by atoms with E-state index in [2.05, 4.69) is 5.32 Å². The Morgan fingerprint density at radius 2 is 1.65 bits per heavy atom. The van der Waals surface area contributed by atoms with Crippen molar-refractivity contribution in [2.24, 2.45) is 0 Å². The largest absolute Gasteiger partial charge is 0.481 e. The number of aryl methyl sites for hydroxylation is 2. The van der Waals surface area contributed by atoms with Crippen LogP contribution in [0.15, 0.2) is 12.1 Å². The van der Waals surface area contributed by atoms with Gasteiger partial charge in [0.05, 0.1) is 0 Å². The number of ether oxygens (including phenoxy) is 1. The maximum atomic E-state index is 12.4. The molecule has 1 N–H and O–H groups in total. The minimum atomic E-state index is -0.500. The van der Waals surface area contributed by atoms with Gasteiger partial charge in [0, 0.05) is 11.1 Å². The van der Waals surface area contributed by atoms with Gasteiger partial charge in [0.15, 0.2) is 6.10 Å². The first-order valence-corrected chi connectivity index (χ1v) is 9.09. The fourth-order valence-electron chi connectivity index (χ4n) is 3.15. The van der Waals surface area contributed by atoms with Crippen molar-refractivity contribution in [3.63, 3.8) is 0 Å². The lowest BCUT2D eigenvalue weighted by Crippen LogP contribution is -2.42. The second kappa shape index (κ2) is 8.58. The van der Waals surface area contributed by atoms with E-state index >= 15 is 0 Å². The molecular formula is C19H28ClNO2. The molecular weight excluding hydrogens is 310 g/mol. The molecule has 0 aromatic heterocycles. The lowest BCUT2D eigenvalue weighted by molar-refractivity contribution is -0.128. The van der Waals surface area contributed by atoms with E-state index in [-0.39, 0.29) is 5.91 Å². The molecule has 0 aliphatic heterocycles. The molecule has 1 amide bonds. The van der Waals surface area contributed by atoms with Gasteiger partial charge in [-0.15, -0.1) is 0 Å². The summed E-state index contributed by atoms with van der Waals surface area (Å²) in [5, 5.41) is 3.91. The normalized spacial score (nSPS) is 17.9. The molecule has 3 nitrogen and oxygen atoms in total. The zero-order valence-corrected chi connectivity index (χ0v) is 15.2. The highest BCUT2D eigenvalue weighted by molar-refractivity contribution is 6.32. The minimum absolute atomic E-state index is 0.0270. The van der Waals surface area contributed by atoms with Crippen LogP contribution in [-0.4, -0.2) is 18.1 Å². The molecule has 1 saturated carbocycles. The molecule has 0 saturated heterocycles. The van der Waals surface area contributed by atoms with Crippen LogP contribution in [0.5, 0.6) is 5.75 Å². The van der Waals surface area contributed by atoms with Crippen LogP contribution in [0.3, 0.4) is 0 Å². The summed E-state index contributed by atoms with van der Waals surface area (Å²) in [4.78, 5) is 12.4. The van der Waals surface area contributed by atoms with Crippen LogP contribution in [-0.2, 0) is 4.79 Å². The first-order valence-electron chi connectivity index (χ1n) is 8.71. The van der Waals surface area contributed by atoms with E-state index in [1.807, 2.05) is 26.0 Å². The van der Waals surface area contributed by atoms with Crippen molar-refractivity contribution in [3.05, 3.63) is 28.3 Å². The van der Waals surface area contributed by atoms with E-state index < -0.39 is 6.10 Å². The lowest BCUT2D eigenvalue weighted by Gasteiger charge is -2.23. The van der Waals surface area contributed by atoms with Gasteiger partial charge < -0.3 is 10.1 Å². The van der Waals surface area contributed by atoms with E-state index in [0.717, 1.165) is 29.0 Å². The third-order valence-corrected chi connectivity index (χ3v) is 5.14. The molecule has 0 bridgehead atoms. The second-order valence-corrected chi connectivity index (χ2v) is 7.06. The average molecular weight is 338 g/mol. The fraction of sp³-hybridized carbons (Fsp3) is 0.632. The Kier molecular flexibility index (Phi) is 6.76. The Labute approximate surface area is 144 Å². The molecule has 0 unspecified atom stereocenters. The number of carbonyl (C=O) groups excluding carboxylic acids is 1. The van der Waals surface area contributed by atoms with Gasteiger partial charge in [-0.3, -0.25) is 4.79 Å². The molecule has 1 aromatic carbocycles. The molecule has 1 fully saturated rings. The van der Waals surface area contributed by atoms with E-state index in [9.17, 15) is 4.79 Å². The van der Waals surface area contributed by atoms with Gasteiger partial charge in [-0.2, -0.15) is 0 Å². The molecule has 0 heterocycles. The summed E-state index contributed by atoms with van der Waals surface area (Å²) < 4.78 is 5.82. The van der Waals surface area contributed by atoms with Crippen molar-refractivity contribution in [1.82, 2.24) is 5.32 Å². The quantitative estimate of drug-likeness (QED) is 0.843. The highest BCUT2D eigenvalue weighted by Crippen LogP contribution is 2.26. The monoisotopic (exact) mass is 337 g/mol. The number of hydrogen-bond acceptors (Lipinski definition) is 2. The first-order chi connectivity index (χ1) is 11.0. The topological polar surface area (TPSA) is 38.3 Å². The fourth-order valence-corrected chi connectivity index (χ4v) is 3.26. The van der Waals surface area contributed by atoms with Crippen LogP contribution in [0, 0.1) is 13.8 Å². The van der Waals surface area contributed by atoms with Crippen molar-refractivity contribution in [2.75, 3.05) is 0 Å². The maximum Gasteiger partial charge on any atom is 0.260 e. The molecule has 1 aromatic rings. The van der Waals surface area contributed by atoms with Gasteiger partial charge in [-0.25, -0.2) is 0 Å². The Morgan fingerprint density at radius 1 is 1.13 bits per heavy atom. The average Bonchev–Trinajstić information content (AvgIpc) is 2.47. The SMILES string of the molecule is Cc1cc(O[C@@H](C)C(=O)NC2CCCCCCC2)cc(C)c1Cl. The highest BCUT2D eigenvalue weighted by atomic mass is 35.5. The van der Waals surface area contributed by atoms with Gasteiger partial charge >= 0.3 is 0 Å². The third-order valence-electron chi connectivity index (χ3n) is 4.54. The van der Waals surface area contributed by atoms with Gasteiger partial charge in [0.1, 0.15) is 5.75 Å². The smallest absolute Gasteiger partial charge is 0.260 e. The molecule has 23 heavy (non-hydrogen) atoms. The van der Waals surface area contributed by atoms with Gasteiger partial charge in [-0.1, -0.05) is 43.7 Å². The number of carbonyl (C=O) groups is 1. The minimum Gasteiger partial charge on any atom is -0.481 e. The predicted octanol–water partition coefficient (Wildman–Crippen LogP) is 4.95. The molecule has 4 heteroatoms. The van der Waals surface area contributed by atoms with Gasteiger partial charge in [-0.05, 0) is 56.9 Å². The summed E-state index contributed by atoms with van der Waals surface area (Å²) in [6.45, 7) is 5.69. The number of amides is 1. The molecule has 128 valence electrons. The standard InChI is InChI=1S/C19H28ClNO2/c1-13-11-17(12-14(2)18(13)20)23-15(3)19(22)21-16-9-7-5-4-6-8-10-16/h11-12,15-16H,4-10H2,1-3H3,(H,21,22)/t15-/m0/s1. The van der Waals surface area contributed by atoms with E-state index in [4.69, 9.17) is 16.3 Å². The van der Waals surface area contributed by atoms with Gasteiger partial charge in [0.2, 0.25) is 0 Å². The molecule has 1 aliphatic carbocycles. The van der Waals surface area contributed by atoms with E-state index in [0.29, 0.717) is 11.8 Å². The number of halogens is 1. The number of rotatable bonds is 4. The third kappa shape index (κ3) is 5.42. The molecule has 0 spiro atoms. The van der Waals surface area contributed by atoms with Crippen LogP contribution < -0.4 is 10.1 Å². The summed E-state index contributed by atoms with van der Waals surface area (Å²) in [5.41, 5.74) is 1.93. The van der Waals surface area contributed by atoms with Crippen molar-refractivity contribution in [2.45, 2.75) is 77.9 Å². The van der Waals surface area contributed by atoms with E-state index in [1.165, 1.54) is 32.1 Å². The summed E-state index contributed by atoms with van der Waals surface area (Å²) >= 11 is 6.17. The highest BCUT2D eigenvalue weighted by Gasteiger charge is 2.20. The van der Waals surface area contributed by atoms with E-state index in [1.54, 1.807) is 6.92 Å². The number of nitrogens with one attached hydrogen (secondary N) is 1.